The molecule has 4 aromatic rings. The van der Waals surface area contributed by atoms with E-state index < -0.39 is 0 Å². The number of hydrogen-bond donors (Lipinski definition) is 1. The molecule has 1 fully saturated rings. The third kappa shape index (κ3) is 4.33. The maximum atomic E-state index is 14.6. The van der Waals surface area contributed by atoms with Gasteiger partial charge in [0.1, 0.15) is 17.7 Å². The van der Waals surface area contributed by atoms with Crippen LogP contribution in [0, 0.1) is 5.82 Å². The van der Waals surface area contributed by atoms with Gasteiger partial charge in [0.15, 0.2) is 0 Å². The van der Waals surface area contributed by atoms with Crippen LogP contribution in [0.1, 0.15) is 25.3 Å². The van der Waals surface area contributed by atoms with Gasteiger partial charge < -0.3 is 15.4 Å². The van der Waals surface area contributed by atoms with Gasteiger partial charge in [0.05, 0.1) is 0 Å². The molecule has 168 valence electrons. The second-order valence-electron chi connectivity index (χ2n) is 8.45. The van der Waals surface area contributed by atoms with Crippen molar-refractivity contribution in [2.45, 2.75) is 32.3 Å². The maximum absolute atomic E-state index is 14.6. The summed E-state index contributed by atoms with van der Waals surface area (Å²) in [5.74, 6) is 1.29. The lowest BCUT2D eigenvalue weighted by Gasteiger charge is -2.32. The van der Waals surface area contributed by atoms with E-state index in [2.05, 4.69) is 21.8 Å². The normalized spacial score (nSPS) is 14.5. The lowest BCUT2D eigenvalue weighted by Crippen LogP contribution is -2.39. The zero-order valence-electron chi connectivity index (χ0n) is 18.7. The molecule has 2 N–H and O–H groups in total. The number of ether oxygens (including phenoxy) is 1. The maximum Gasteiger partial charge on any atom is 0.225 e. The number of anilines is 2. The summed E-state index contributed by atoms with van der Waals surface area (Å²) in [6.07, 6.45) is 6.64. The summed E-state index contributed by atoms with van der Waals surface area (Å²) in [6.45, 7) is 3.80. The van der Waals surface area contributed by atoms with E-state index >= 15 is 0 Å². The second-order valence-corrected chi connectivity index (χ2v) is 8.45. The fourth-order valence-electron chi connectivity index (χ4n) is 4.41. The average molecular weight is 443 g/mol. The summed E-state index contributed by atoms with van der Waals surface area (Å²) in [6, 6.07) is 16.7. The van der Waals surface area contributed by atoms with Crippen LogP contribution in [0.2, 0.25) is 0 Å². The number of piperidine rings is 1. The third-order valence-corrected chi connectivity index (χ3v) is 6.29. The van der Waals surface area contributed by atoms with Crippen LogP contribution < -0.4 is 15.4 Å². The highest BCUT2D eigenvalue weighted by Crippen LogP contribution is 2.37. The van der Waals surface area contributed by atoms with Crippen LogP contribution in [0.4, 0.5) is 16.0 Å². The minimum Gasteiger partial charge on any atom is -0.490 e. The summed E-state index contributed by atoms with van der Waals surface area (Å²) in [5.41, 5.74) is 8.66. The van der Waals surface area contributed by atoms with Crippen LogP contribution in [-0.4, -0.2) is 29.2 Å². The fraction of sp³-hybridized carbons (Fsp3) is 0.259. The Kier molecular flexibility index (Phi) is 5.82. The van der Waals surface area contributed by atoms with Crippen LogP contribution in [0.15, 0.2) is 67.0 Å². The number of halogens is 1. The Bertz CT molecular complexity index is 1270. The van der Waals surface area contributed by atoms with Crippen molar-refractivity contribution in [2.75, 3.05) is 23.7 Å². The highest BCUT2D eigenvalue weighted by molar-refractivity contribution is 6.00. The van der Waals surface area contributed by atoms with E-state index in [9.17, 15) is 4.39 Å². The van der Waals surface area contributed by atoms with Crippen LogP contribution in [0.3, 0.4) is 0 Å². The first-order valence-corrected chi connectivity index (χ1v) is 11.4. The molecule has 1 aliphatic heterocycles. The Balaban J connectivity index is 1.35. The molecular weight excluding hydrogens is 415 g/mol. The topological polar surface area (TPSA) is 64.3 Å². The zero-order chi connectivity index (χ0) is 22.8. The number of nitrogens with zero attached hydrogens (tertiary/aromatic N) is 3. The van der Waals surface area contributed by atoms with Crippen molar-refractivity contribution >= 4 is 22.4 Å². The predicted octanol–water partition coefficient (Wildman–Crippen LogP) is 5.63. The SMILES string of the molecule is CCc1cnc(N2CCC(Oc3ccc(-c4ccc(N)cc4F)c4ccccc34)CC2)nc1. The molecular formula is C27H27FN4O. The summed E-state index contributed by atoms with van der Waals surface area (Å²) in [5, 5.41) is 1.94. The third-order valence-electron chi connectivity index (χ3n) is 6.29. The van der Waals surface area contributed by atoms with E-state index in [4.69, 9.17) is 10.5 Å². The Morgan fingerprint density at radius 3 is 2.36 bits per heavy atom. The smallest absolute Gasteiger partial charge is 0.225 e. The number of rotatable bonds is 5. The Morgan fingerprint density at radius 2 is 1.67 bits per heavy atom. The summed E-state index contributed by atoms with van der Waals surface area (Å²) in [7, 11) is 0. The van der Waals surface area contributed by atoms with Gasteiger partial charge in [-0.2, -0.15) is 0 Å². The molecule has 0 saturated carbocycles. The number of aryl methyl sites for hydroxylation is 1. The highest BCUT2D eigenvalue weighted by atomic mass is 19.1. The van der Waals surface area contributed by atoms with Crippen molar-refractivity contribution in [3.8, 4) is 16.9 Å². The van der Waals surface area contributed by atoms with Gasteiger partial charge in [-0.15, -0.1) is 0 Å². The van der Waals surface area contributed by atoms with E-state index in [0.717, 1.165) is 65.9 Å². The van der Waals surface area contributed by atoms with Crippen LogP contribution >= 0.6 is 0 Å². The molecule has 0 spiro atoms. The van der Waals surface area contributed by atoms with Crippen LogP contribution in [-0.2, 0) is 6.42 Å². The largest absolute Gasteiger partial charge is 0.490 e. The standard InChI is InChI=1S/C27H27FN4O/c1-2-18-16-30-27(31-17-18)32-13-11-20(12-14-32)33-26-10-9-22(21-5-3-4-6-24(21)26)23-8-7-19(29)15-25(23)28/h3-10,15-17,20H,2,11-14,29H2,1H3. The van der Waals surface area contributed by atoms with Crippen LogP contribution in [0.25, 0.3) is 21.9 Å². The van der Waals surface area contributed by atoms with Crippen molar-refractivity contribution in [1.29, 1.82) is 0 Å². The van der Waals surface area contributed by atoms with E-state index in [1.807, 2.05) is 48.8 Å². The molecule has 6 heteroatoms. The summed E-state index contributed by atoms with van der Waals surface area (Å²) >= 11 is 0. The van der Waals surface area contributed by atoms with Gasteiger partial charge in [-0.3, -0.25) is 0 Å². The van der Waals surface area contributed by atoms with Gasteiger partial charge >= 0.3 is 0 Å². The molecule has 0 unspecified atom stereocenters. The van der Waals surface area contributed by atoms with Gasteiger partial charge in [-0.1, -0.05) is 31.2 Å². The van der Waals surface area contributed by atoms with Gasteiger partial charge in [0.2, 0.25) is 5.95 Å². The van der Waals surface area contributed by atoms with Crippen LogP contribution in [0.5, 0.6) is 5.75 Å². The molecule has 2 heterocycles. The number of fused-ring (bicyclic) bond motifs is 1. The molecule has 0 atom stereocenters. The molecule has 0 aliphatic carbocycles. The zero-order valence-corrected chi connectivity index (χ0v) is 18.7. The first-order chi connectivity index (χ1) is 16.1. The molecule has 5 nitrogen and oxygen atoms in total. The fourth-order valence-corrected chi connectivity index (χ4v) is 4.41. The quantitative estimate of drug-likeness (QED) is 0.406. The predicted molar refractivity (Wildman–Crippen MR) is 131 cm³/mol. The lowest BCUT2D eigenvalue weighted by molar-refractivity contribution is 0.172. The molecule has 0 amide bonds. The number of nitrogen functional groups attached to an aromatic ring is 1. The van der Waals surface area contributed by atoms with Gasteiger partial charge in [-0.05, 0) is 53.3 Å². The lowest BCUT2D eigenvalue weighted by atomic mass is 9.97. The number of hydrogen-bond acceptors (Lipinski definition) is 5. The Hall–Kier alpha value is -3.67. The van der Waals surface area contributed by atoms with Crippen molar-refractivity contribution in [2.24, 2.45) is 0 Å². The molecule has 1 saturated heterocycles. The number of nitrogens with two attached hydrogens (primary N) is 1. The van der Waals surface area contributed by atoms with E-state index in [-0.39, 0.29) is 11.9 Å². The van der Waals surface area contributed by atoms with Gasteiger partial charge in [0, 0.05) is 55.0 Å². The van der Waals surface area contributed by atoms with Gasteiger partial charge in [0.25, 0.3) is 0 Å². The van der Waals surface area contributed by atoms with E-state index in [1.165, 1.54) is 6.07 Å². The molecule has 33 heavy (non-hydrogen) atoms. The summed E-state index contributed by atoms with van der Waals surface area (Å²) in [4.78, 5) is 11.2. The van der Waals surface area contributed by atoms with Crippen molar-refractivity contribution < 1.29 is 9.13 Å². The van der Waals surface area contributed by atoms with E-state index in [0.29, 0.717) is 11.3 Å². The molecule has 1 aliphatic rings. The number of aromatic nitrogens is 2. The molecule has 3 aromatic carbocycles. The minimum atomic E-state index is -0.324. The van der Waals surface area contributed by atoms with E-state index in [1.54, 1.807) is 12.1 Å². The Labute approximate surface area is 193 Å². The second kappa shape index (κ2) is 9.06. The monoisotopic (exact) mass is 442 g/mol. The molecule has 0 radical (unpaired) electrons. The molecule has 5 rings (SSSR count). The first-order valence-electron chi connectivity index (χ1n) is 11.4. The number of benzene rings is 3. The van der Waals surface area contributed by atoms with Crippen molar-refractivity contribution in [1.82, 2.24) is 9.97 Å². The van der Waals surface area contributed by atoms with Crippen molar-refractivity contribution in [3.05, 3.63) is 78.4 Å². The molecule has 1 aromatic heterocycles. The van der Waals surface area contributed by atoms with Crippen molar-refractivity contribution in [3.63, 3.8) is 0 Å². The first kappa shape index (κ1) is 21.2. The van der Waals surface area contributed by atoms with Gasteiger partial charge in [-0.25, -0.2) is 14.4 Å². The average Bonchev–Trinajstić information content (AvgIpc) is 2.85. The Morgan fingerprint density at radius 1 is 0.970 bits per heavy atom. The minimum absolute atomic E-state index is 0.110. The highest BCUT2D eigenvalue weighted by Gasteiger charge is 2.23. The summed E-state index contributed by atoms with van der Waals surface area (Å²) < 4.78 is 21.1. The molecule has 0 bridgehead atoms.